The number of piperidine rings is 1. The molecular formula is C15H19ClN2. The van der Waals surface area contributed by atoms with Crippen LogP contribution in [0.15, 0.2) is 12.1 Å². The number of rotatable bonds is 1. The highest BCUT2D eigenvalue weighted by molar-refractivity contribution is 6.32. The van der Waals surface area contributed by atoms with Crippen molar-refractivity contribution in [1.29, 1.82) is 0 Å². The number of halogens is 1. The van der Waals surface area contributed by atoms with E-state index in [1.165, 1.54) is 35.0 Å². The molecule has 96 valence electrons. The fourth-order valence-electron chi connectivity index (χ4n) is 3.04. The zero-order valence-electron chi connectivity index (χ0n) is 10.9. The Morgan fingerprint density at radius 2 is 2.06 bits per heavy atom. The predicted octanol–water partition coefficient (Wildman–Crippen LogP) is 3.91. The van der Waals surface area contributed by atoms with Crippen LogP contribution in [-0.2, 0) is 0 Å². The second kappa shape index (κ2) is 4.60. The van der Waals surface area contributed by atoms with Crippen molar-refractivity contribution in [3.8, 4) is 0 Å². The molecule has 1 saturated heterocycles. The van der Waals surface area contributed by atoms with Crippen LogP contribution in [0.3, 0.4) is 0 Å². The summed E-state index contributed by atoms with van der Waals surface area (Å²) in [5.41, 5.74) is 5.15. The van der Waals surface area contributed by atoms with Crippen LogP contribution in [0.4, 0.5) is 0 Å². The number of aryl methyl sites for hydroxylation is 2. The molecule has 1 aliphatic heterocycles. The highest BCUT2D eigenvalue weighted by Gasteiger charge is 2.20. The van der Waals surface area contributed by atoms with Crippen LogP contribution in [-0.4, -0.2) is 18.1 Å². The van der Waals surface area contributed by atoms with Crippen molar-refractivity contribution in [2.45, 2.75) is 32.6 Å². The molecule has 1 aromatic heterocycles. The van der Waals surface area contributed by atoms with Gasteiger partial charge in [0, 0.05) is 28.6 Å². The number of benzene rings is 1. The summed E-state index contributed by atoms with van der Waals surface area (Å²) in [4.78, 5) is 3.62. The minimum Gasteiger partial charge on any atom is -0.358 e. The van der Waals surface area contributed by atoms with Crippen LogP contribution < -0.4 is 5.32 Å². The standard InChI is InChI=1S/C15H19ClN2/c1-9-12-5-6-13(16)10(2)15(12)18-14(9)11-4-3-7-17-8-11/h5-6,11,17-18H,3-4,7-8H2,1-2H3. The first-order chi connectivity index (χ1) is 8.68. The highest BCUT2D eigenvalue weighted by atomic mass is 35.5. The van der Waals surface area contributed by atoms with Crippen molar-refractivity contribution in [3.05, 3.63) is 34.0 Å². The van der Waals surface area contributed by atoms with Crippen molar-refractivity contribution < 1.29 is 0 Å². The Morgan fingerprint density at radius 3 is 2.78 bits per heavy atom. The Morgan fingerprint density at radius 1 is 1.22 bits per heavy atom. The molecule has 0 bridgehead atoms. The van der Waals surface area contributed by atoms with Gasteiger partial charge < -0.3 is 10.3 Å². The summed E-state index contributed by atoms with van der Waals surface area (Å²) in [6.45, 7) is 6.54. The van der Waals surface area contributed by atoms with Gasteiger partial charge >= 0.3 is 0 Å². The van der Waals surface area contributed by atoms with E-state index in [-0.39, 0.29) is 0 Å². The summed E-state index contributed by atoms with van der Waals surface area (Å²) < 4.78 is 0. The largest absolute Gasteiger partial charge is 0.358 e. The number of fused-ring (bicyclic) bond motifs is 1. The Hall–Kier alpha value is -0.990. The van der Waals surface area contributed by atoms with Crippen LogP contribution in [0.25, 0.3) is 10.9 Å². The lowest BCUT2D eigenvalue weighted by molar-refractivity contribution is 0.455. The van der Waals surface area contributed by atoms with Crippen molar-refractivity contribution in [2.24, 2.45) is 0 Å². The fourth-order valence-corrected chi connectivity index (χ4v) is 3.20. The second-order valence-electron chi connectivity index (χ2n) is 5.30. The monoisotopic (exact) mass is 262 g/mol. The Balaban J connectivity index is 2.13. The molecule has 1 atom stereocenters. The Bertz CT molecular complexity index is 580. The number of aromatic amines is 1. The summed E-state index contributed by atoms with van der Waals surface area (Å²) in [6, 6.07) is 4.14. The lowest BCUT2D eigenvalue weighted by Crippen LogP contribution is -2.28. The minimum atomic E-state index is 0.615. The highest BCUT2D eigenvalue weighted by Crippen LogP contribution is 2.33. The lowest BCUT2D eigenvalue weighted by Gasteiger charge is -2.22. The molecule has 1 fully saturated rings. The van der Waals surface area contributed by atoms with Crippen molar-refractivity contribution in [1.82, 2.24) is 10.3 Å². The molecule has 3 heteroatoms. The third-order valence-corrected chi connectivity index (χ3v) is 4.58. The van der Waals surface area contributed by atoms with Gasteiger partial charge in [0.25, 0.3) is 0 Å². The maximum absolute atomic E-state index is 6.20. The molecule has 1 aromatic carbocycles. The van der Waals surface area contributed by atoms with Gasteiger partial charge in [0.15, 0.2) is 0 Å². The Kier molecular flexibility index (Phi) is 3.08. The first kappa shape index (κ1) is 12.1. The molecule has 0 spiro atoms. The van der Waals surface area contributed by atoms with E-state index in [0.717, 1.165) is 23.7 Å². The third kappa shape index (κ3) is 1.84. The molecule has 0 saturated carbocycles. The van der Waals surface area contributed by atoms with Gasteiger partial charge in [-0.2, -0.15) is 0 Å². The summed E-state index contributed by atoms with van der Waals surface area (Å²) in [6.07, 6.45) is 2.53. The fraction of sp³-hybridized carbons (Fsp3) is 0.467. The average molecular weight is 263 g/mol. The van der Waals surface area contributed by atoms with Crippen molar-refractivity contribution in [2.75, 3.05) is 13.1 Å². The smallest absolute Gasteiger partial charge is 0.0503 e. The van der Waals surface area contributed by atoms with E-state index in [1.54, 1.807) is 0 Å². The number of H-pyrrole nitrogens is 1. The summed E-state index contributed by atoms with van der Waals surface area (Å²) in [7, 11) is 0. The van der Waals surface area contributed by atoms with Gasteiger partial charge in [0.05, 0.1) is 5.52 Å². The maximum atomic E-state index is 6.20. The maximum Gasteiger partial charge on any atom is 0.0503 e. The molecule has 2 aromatic rings. The van der Waals surface area contributed by atoms with E-state index in [2.05, 4.69) is 30.2 Å². The van der Waals surface area contributed by atoms with Gasteiger partial charge in [0.1, 0.15) is 0 Å². The van der Waals surface area contributed by atoms with Crippen LogP contribution >= 0.6 is 11.6 Å². The van der Waals surface area contributed by atoms with E-state index >= 15 is 0 Å². The Labute approximate surface area is 113 Å². The predicted molar refractivity (Wildman–Crippen MR) is 77.6 cm³/mol. The molecule has 3 rings (SSSR count). The molecule has 18 heavy (non-hydrogen) atoms. The second-order valence-corrected chi connectivity index (χ2v) is 5.71. The van der Waals surface area contributed by atoms with E-state index in [0.29, 0.717) is 5.92 Å². The van der Waals surface area contributed by atoms with Gasteiger partial charge in [-0.25, -0.2) is 0 Å². The van der Waals surface area contributed by atoms with Crippen LogP contribution in [0.1, 0.15) is 35.6 Å². The molecule has 0 radical (unpaired) electrons. The van der Waals surface area contributed by atoms with E-state index in [1.807, 2.05) is 6.07 Å². The molecule has 2 heterocycles. The van der Waals surface area contributed by atoms with Crippen LogP contribution in [0.5, 0.6) is 0 Å². The van der Waals surface area contributed by atoms with Gasteiger partial charge in [-0.1, -0.05) is 17.7 Å². The average Bonchev–Trinajstić information content (AvgIpc) is 2.73. The quantitative estimate of drug-likeness (QED) is 0.801. The van der Waals surface area contributed by atoms with E-state index < -0.39 is 0 Å². The first-order valence-electron chi connectivity index (χ1n) is 6.66. The zero-order valence-corrected chi connectivity index (χ0v) is 11.7. The summed E-state index contributed by atoms with van der Waals surface area (Å²) in [5.74, 6) is 0.615. The molecule has 1 unspecified atom stereocenters. The van der Waals surface area contributed by atoms with Crippen LogP contribution in [0.2, 0.25) is 5.02 Å². The molecule has 0 aliphatic carbocycles. The summed E-state index contributed by atoms with van der Waals surface area (Å²) in [5, 5.41) is 5.65. The zero-order chi connectivity index (χ0) is 12.7. The molecule has 2 nitrogen and oxygen atoms in total. The SMILES string of the molecule is Cc1c(C2CCCNC2)[nH]c2c(C)c(Cl)ccc12. The topological polar surface area (TPSA) is 27.8 Å². The van der Waals surface area contributed by atoms with E-state index in [9.17, 15) is 0 Å². The normalized spacial score (nSPS) is 20.5. The molecule has 0 amide bonds. The minimum absolute atomic E-state index is 0.615. The van der Waals surface area contributed by atoms with Crippen molar-refractivity contribution >= 4 is 22.5 Å². The van der Waals surface area contributed by atoms with Gasteiger partial charge in [-0.05, 0) is 50.4 Å². The van der Waals surface area contributed by atoms with Crippen LogP contribution in [0, 0.1) is 13.8 Å². The van der Waals surface area contributed by atoms with E-state index in [4.69, 9.17) is 11.6 Å². The summed E-state index contributed by atoms with van der Waals surface area (Å²) >= 11 is 6.20. The van der Waals surface area contributed by atoms with Gasteiger partial charge in [0.2, 0.25) is 0 Å². The lowest BCUT2D eigenvalue weighted by atomic mass is 9.93. The number of aromatic nitrogens is 1. The number of nitrogens with one attached hydrogen (secondary N) is 2. The molecule has 1 aliphatic rings. The number of hydrogen-bond acceptors (Lipinski definition) is 1. The third-order valence-electron chi connectivity index (χ3n) is 4.17. The van der Waals surface area contributed by atoms with Crippen molar-refractivity contribution in [3.63, 3.8) is 0 Å². The van der Waals surface area contributed by atoms with Gasteiger partial charge in [-0.15, -0.1) is 0 Å². The van der Waals surface area contributed by atoms with Gasteiger partial charge in [-0.3, -0.25) is 0 Å². The first-order valence-corrected chi connectivity index (χ1v) is 7.04. The molecule has 2 N–H and O–H groups in total. The molecular weight excluding hydrogens is 244 g/mol. The number of hydrogen-bond donors (Lipinski definition) is 2.